The van der Waals surface area contributed by atoms with E-state index in [-0.39, 0.29) is 17.9 Å². The van der Waals surface area contributed by atoms with Gasteiger partial charge in [-0.25, -0.2) is 17.6 Å². The molecule has 0 radical (unpaired) electrons. The first-order valence-electron chi connectivity index (χ1n) is 13.5. The fourth-order valence-corrected chi connectivity index (χ4v) is 6.49. The Morgan fingerprint density at radius 2 is 1.14 bits per heavy atom. The number of rotatable bonds is 7. The molecule has 0 amide bonds. The zero-order valence-corrected chi connectivity index (χ0v) is 20.6. The quantitative estimate of drug-likeness (QED) is 0.280. The van der Waals surface area contributed by atoms with Crippen molar-refractivity contribution in [1.29, 1.82) is 0 Å². The largest absolute Gasteiger partial charge is 0.368 e. The van der Waals surface area contributed by atoms with Gasteiger partial charge in [0.25, 0.3) is 0 Å². The summed E-state index contributed by atoms with van der Waals surface area (Å²) in [6.07, 6.45) is 9.62. The van der Waals surface area contributed by atoms with Crippen LogP contribution in [0.5, 0.6) is 0 Å². The van der Waals surface area contributed by atoms with Crippen molar-refractivity contribution in [2.45, 2.75) is 95.5 Å². The van der Waals surface area contributed by atoms with Gasteiger partial charge in [0.2, 0.25) is 0 Å². The lowest BCUT2D eigenvalue weighted by molar-refractivity contribution is 0.300. The van der Waals surface area contributed by atoms with Crippen LogP contribution in [0.2, 0.25) is 0 Å². The second kappa shape index (κ2) is 10.6. The first kappa shape index (κ1) is 24.8. The average Bonchev–Trinajstić information content (AvgIpc) is 3.72. The van der Waals surface area contributed by atoms with Gasteiger partial charge >= 0.3 is 0 Å². The molecule has 1 atom stereocenters. The molecule has 5 heteroatoms. The predicted molar refractivity (Wildman–Crippen MR) is 129 cm³/mol. The summed E-state index contributed by atoms with van der Waals surface area (Å²) in [5, 5.41) is 0. The summed E-state index contributed by atoms with van der Waals surface area (Å²) < 4.78 is 64.0. The van der Waals surface area contributed by atoms with Gasteiger partial charge < -0.3 is 4.74 Å². The molecule has 2 aromatic rings. The monoisotopic (exact) mass is 488 g/mol. The van der Waals surface area contributed by atoms with Crippen LogP contribution in [0, 0.1) is 35.1 Å². The van der Waals surface area contributed by atoms with E-state index in [1.54, 1.807) is 12.1 Å². The Hall–Kier alpha value is -1.88. The van der Waals surface area contributed by atoms with E-state index in [4.69, 9.17) is 4.74 Å². The van der Waals surface area contributed by atoms with Crippen LogP contribution in [0.3, 0.4) is 0 Å². The van der Waals surface area contributed by atoms with Crippen LogP contribution < -0.4 is 0 Å². The molecule has 1 nitrogen and oxygen atoms in total. The Bertz CT molecular complexity index is 1030. The van der Waals surface area contributed by atoms with Crippen molar-refractivity contribution in [3.05, 3.63) is 69.8 Å². The van der Waals surface area contributed by atoms with Crippen molar-refractivity contribution in [3.8, 4) is 0 Å². The van der Waals surface area contributed by atoms with Gasteiger partial charge in [-0.2, -0.15) is 0 Å². The maximum Gasteiger partial charge on any atom is 0.164 e. The highest BCUT2D eigenvalue weighted by Gasteiger charge is 2.31. The third-order valence-corrected chi connectivity index (χ3v) is 8.99. The highest BCUT2D eigenvalue weighted by atomic mass is 19.2. The molecule has 0 bridgehead atoms. The van der Waals surface area contributed by atoms with Crippen molar-refractivity contribution >= 4 is 0 Å². The molecule has 1 aliphatic heterocycles. The third kappa shape index (κ3) is 5.30. The fraction of sp³-hybridized carbons (Fsp3) is 0.600. The standard InChI is InChI=1S/C30H36F4O/c1-2-18-3-8-20(9-4-18)23-15-16-24(29(33)28(23)32)21-10-5-19(6-11-21)7-12-22-13-14-25(26-17-35-26)30(34)27(22)31/h13-16,18-21,26H,2-12,17H2,1H3. The second-order valence-electron chi connectivity index (χ2n) is 11.0. The van der Waals surface area contributed by atoms with Gasteiger partial charge in [0.15, 0.2) is 23.3 Å². The lowest BCUT2D eigenvalue weighted by atomic mass is 9.75. The Balaban J connectivity index is 1.16. The van der Waals surface area contributed by atoms with Crippen LogP contribution in [0.4, 0.5) is 17.6 Å². The van der Waals surface area contributed by atoms with E-state index in [1.807, 2.05) is 12.1 Å². The third-order valence-electron chi connectivity index (χ3n) is 8.99. The first-order chi connectivity index (χ1) is 17.0. The van der Waals surface area contributed by atoms with E-state index in [2.05, 4.69) is 6.92 Å². The van der Waals surface area contributed by atoms with Crippen LogP contribution in [0.1, 0.15) is 111 Å². The molecule has 5 rings (SSSR count). The lowest BCUT2D eigenvalue weighted by Crippen LogP contribution is -2.17. The van der Waals surface area contributed by atoms with Crippen LogP contribution in [0.15, 0.2) is 24.3 Å². The molecular weight excluding hydrogens is 452 g/mol. The van der Waals surface area contributed by atoms with Crippen molar-refractivity contribution in [1.82, 2.24) is 0 Å². The molecule has 3 aliphatic rings. The predicted octanol–water partition coefficient (Wildman–Crippen LogP) is 8.90. The smallest absolute Gasteiger partial charge is 0.164 e. The summed E-state index contributed by atoms with van der Waals surface area (Å²) in [5.41, 5.74) is 1.78. The van der Waals surface area contributed by atoms with Crippen molar-refractivity contribution in [2.75, 3.05) is 6.61 Å². The maximum absolute atomic E-state index is 15.1. The normalized spacial score (nSPS) is 28.8. The van der Waals surface area contributed by atoms with Crippen molar-refractivity contribution in [3.63, 3.8) is 0 Å². The Labute approximate surface area is 206 Å². The average molecular weight is 489 g/mol. The van der Waals surface area contributed by atoms with Gasteiger partial charge in [0.05, 0.1) is 6.61 Å². The summed E-state index contributed by atoms with van der Waals surface area (Å²) in [6.45, 7) is 2.65. The molecule has 2 aliphatic carbocycles. The number of aryl methyl sites for hydroxylation is 1. The van der Waals surface area contributed by atoms with E-state index in [0.717, 1.165) is 63.7 Å². The van der Waals surface area contributed by atoms with Gasteiger partial charge in [0, 0.05) is 5.56 Å². The van der Waals surface area contributed by atoms with Gasteiger partial charge in [-0.3, -0.25) is 0 Å². The molecule has 2 saturated carbocycles. The highest BCUT2D eigenvalue weighted by Crippen LogP contribution is 2.42. The Kier molecular flexibility index (Phi) is 7.52. The molecule has 2 aromatic carbocycles. The van der Waals surface area contributed by atoms with Gasteiger partial charge in [-0.05, 0) is 105 Å². The van der Waals surface area contributed by atoms with Crippen LogP contribution >= 0.6 is 0 Å². The van der Waals surface area contributed by atoms with Crippen molar-refractivity contribution < 1.29 is 22.3 Å². The number of epoxide rings is 1. The zero-order chi connectivity index (χ0) is 24.5. The van der Waals surface area contributed by atoms with Crippen LogP contribution in [0.25, 0.3) is 0 Å². The molecule has 0 N–H and O–H groups in total. The molecule has 190 valence electrons. The molecular formula is C30H36F4O. The van der Waals surface area contributed by atoms with Crippen molar-refractivity contribution in [2.24, 2.45) is 11.8 Å². The molecule has 1 heterocycles. The number of ether oxygens (including phenoxy) is 1. The summed E-state index contributed by atoms with van der Waals surface area (Å²) in [4.78, 5) is 0. The van der Waals surface area contributed by atoms with Gasteiger partial charge in [0.1, 0.15) is 6.10 Å². The van der Waals surface area contributed by atoms with E-state index in [1.165, 1.54) is 6.42 Å². The molecule has 35 heavy (non-hydrogen) atoms. The minimum Gasteiger partial charge on any atom is -0.368 e. The molecule has 0 aromatic heterocycles. The number of hydrogen-bond donors (Lipinski definition) is 0. The van der Waals surface area contributed by atoms with Crippen LogP contribution in [-0.2, 0) is 11.2 Å². The van der Waals surface area contributed by atoms with E-state index >= 15 is 8.78 Å². The van der Waals surface area contributed by atoms with E-state index in [0.29, 0.717) is 41.2 Å². The molecule has 0 spiro atoms. The SMILES string of the molecule is CCC1CCC(c2ccc(C3CCC(CCc4ccc(C5CO5)c(F)c4F)CC3)c(F)c2F)CC1. The number of hydrogen-bond acceptors (Lipinski definition) is 1. The summed E-state index contributed by atoms with van der Waals surface area (Å²) in [6, 6.07) is 6.98. The minimum absolute atomic E-state index is 0.0256. The topological polar surface area (TPSA) is 12.5 Å². The van der Waals surface area contributed by atoms with E-state index in [9.17, 15) is 8.78 Å². The Morgan fingerprint density at radius 3 is 1.66 bits per heavy atom. The summed E-state index contributed by atoms with van der Waals surface area (Å²) in [5.74, 6) is -1.56. The molecule has 1 saturated heterocycles. The second-order valence-corrected chi connectivity index (χ2v) is 11.0. The summed E-state index contributed by atoms with van der Waals surface area (Å²) in [7, 11) is 0. The lowest BCUT2D eigenvalue weighted by Gasteiger charge is -2.31. The van der Waals surface area contributed by atoms with Crippen LogP contribution in [-0.4, -0.2) is 6.61 Å². The van der Waals surface area contributed by atoms with E-state index < -0.39 is 23.3 Å². The number of benzene rings is 2. The van der Waals surface area contributed by atoms with Gasteiger partial charge in [-0.1, -0.05) is 37.6 Å². The highest BCUT2D eigenvalue weighted by molar-refractivity contribution is 5.32. The molecule has 1 unspecified atom stereocenters. The zero-order valence-electron chi connectivity index (χ0n) is 20.6. The number of halogens is 4. The molecule has 3 fully saturated rings. The fourth-order valence-electron chi connectivity index (χ4n) is 6.49. The minimum atomic E-state index is -0.784. The maximum atomic E-state index is 15.1. The van der Waals surface area contributed by atoms with Gasteiger partial charge in [-0.15, -0.1) is 0 Å². The Morgan fingerprint density at radius 1 is 0.657 bits per heavy atom. The summed E-state index contributed by atoms with van der Waals surface area (Å²) >= 11 is 0. The first-order valence-corrected chi connectivity index (χ1v) is 13.5.